The van der Waals surface area contributed by atoms with Gasteiger partial charge in [0, 0.05) is 12.8 Å². The van der Waals surface area contributed by atoms with Crippen molar-refractivity contribution in [2.24, 2.45) is 5.73 Å². The average molecular weight is 804 g/mol. The third kappa shape index (κ3) is 38.9. The highest BCUT2D eigenvalue weighted by atomic mass is 31.2. The minimum atomic E-state index is -4.71. The van der Waals surface area contributed by atoms with E-state index in [0.29, 0.717) is 12.8 Å². The van der Waals surface area contributed by atoms with Crippen LogP contribution in [0.25, 0.3) is 0 Å². The number of hydrogen-bond acceptors (Lipinski definition) is 9. The molecule has 0 aliphatic heterocycles. The molecule has 0 rings (SSSR count). The maximum atomic E-state index is 12.6. The first-order chi connectivity index (χ1) is 26.6. The van der Waals surface area contributed by atoms with Crippen molar-refractivity contribution < 1.29 is 47.5 Å². The highest BCUT2D eigenvalue weighted by Crippen LogP contribution is 2.43. The standard InChI is InChI=1S/C43H82NO10P/c1-3-5-7-9-11-13-15-17-18-19-20-21-23-25-27-29-31-33-35-42(46)54-39(37-52-55(49,50)53-38-40(44)43(47)48)36-51-41(45)34-32-30-28-26-24-22-16-14-12-10-8-6-4-2/h18-19,39-40H,3-17,20-38,44H2,1-2H3,(H,47,48)(H,49,50)/b19-18-. The van der Waals surface area contributed by atoms with Gasteiger partial charge in [-0.1, -0.05) is 174 Å². The molecular formula is C43H82NO10P. The molecule has 11 nitrogen and oxygen atoms in total. The summed E-state index contributed by atoms with van der Waals surface area (Å²) < 4.78 is 32.7. The van der Waals surface area contributed by atoms with Crippen molar-refractivity contribution >= 4 is 25.7 Å². The zero-order chi connectivity index (χ0) is 40.7. The van der Waals surface area contributed by atoms with Gasteiger partial charge in [-0.15, -0.1) is 0 Å². The summed E-state index contributed by atoms with van der Waals surface area (Å²) in [6, 6.07) is -1.52. The van der Waals surface area contributed by atoms with E-state index in [1.54, 1.807) is 0 Å². The van der Waals surface area contributed by atoms with Crippen LogP contribution in [-0.4, -0.2) is 59.9 Å². The third-order valence-corrected chi connectivity index (χ3v) is 10.7. The van der Waals surface area contributed by atoms with Crippen molar-refractivity contribution in [1.82, 2.24) is 0 Å². The number of phosphoric ester groups is 1. The summed E-state index contributed by atoms with van der Waals surface area (Å²) in [5.41, 5.74) is 5.33. The third-order valence-electron chi connectivity index (χ3n) is 9.76. The number of esters is 2. The average Bonchev–Trinajstić information content (AvgIpc) is 3.16. The number of nitrogens with two attached hydrogens (primary N) is 1. The minimum Gasteiger partial charge on any atom is -0.480 e. The molecule has 0 saturated carbocycles. The monoisotopic (exact) mass is 804 g/mol. The number of unbranched alkanes of at least 4 members (excludes halogenated alkanes) is 26. The molecule has 0 bridgehead atoms. The SMILES string of the molecule is CCCCCCCCC/C=C\CCCCCCCCCC(=O)OC(COC(=O)CCCCCCCCCCCCCCC)COP(=O)(O)OCC(N)C(=O)O. The number of allylic oxidation sites excluding steroid dienone is 2. The van der Waals surface area contributed by atoms with Crippen molar-refractivity contribution in [1.29, 1.82) is 0 Å². The first-order valence-electron chi connectivity index (χ1n) is 22.2. The lowest BCUT2D eigenvalue weighted by molar-refractivity contribution is -0.161. The minimum absolute atomic E-state index is 0.160. The summed E-state index contributed by atoms with van der Waals surface area (Å²) in [5.74, 6) is -2.37. The van der Waals surface area contributed by atoms with E-state index in [4.69, 9.17) is 24.8 Å². The van der Waals surface area contributed by atoms with E-state index < -0.39 is 51.1 Å². The Morgan fingerprint density at radius 3 is 1.33 bits per heavy atom. The Bertz CT molecular complexity index is 995. The smallest absolute Gasteiger partial charge is 0.472 e. The Kier molecular flexibility index (Phi) is 37.8. The Labute approximate surface area is 335 Å². The Balaban J connectivity index is 4.32. The van der Waals surface area contributed by atoms with Crippen LogP contribution in [0, 0.1) is 0 Å². The Hall–Kier alpha value is -1.78. The van der Waals surface area contributed by atoms with Crippen LogP contribution in [-0.2, 0) is 37.5 Å². The molecule has 0 fully saturated rings. The number of carbonyl (C=O) groups is 3. The highest BCUT2D eigenvalue weighted by molar-refractivity contribution is 7.47. The maximum Gasteiger partial charge on any atom is 0.472 e. The molecule has 324 valence electrons. The lowest BCUT2D eigenvalue weighted by Gasteiger charge is -2.20. The molecule has 12 heteroatoms. The van der Waals surface area contributed by atoms with Gasteiger partial charge in [0.25, 0.3) is 0 Å². The van der Waals surface area contributed by atoms with Gasteiger partial charge in [-0.2, -0.15) is 0 Å². The zero-order valence-corrected chi connectivity index (χ0v) is 35.9. The van der Waals surface area contributed by atoms with Crippen LogP contribution in [0.3, 0.4) is 0 Å². The molecule has 55 heavy (non-hydrogen) atoms. The molecule has 0 amide bonds. The van der Waals surface area contributed by atoms with Gasteiger partial charge in [0.05, 0.1) is 13.2 Å². The van der Waals surface area contributed by atoms with Gasteiger partial charge in [-0.05, 0) is 38.5 Å². The molecule has 0 radical (unpaired) electrons. The molecule has 0 aromatic heterocycles. The summed E-state index contributed by atoms with van der Waals surface area (Å²) >= 11 is 0. The van der Waals surface area contributed by atoms with Gasteiger partial charge >= 0.3 is 25.7 Å². The maximum absolute atomic E-state index is 12.6. The van der Waals surface area contributed by atoms with Crippen molar-refractivity contribution in [2.45, 2.75) is 225 Å². The van der Waals surface area contributed by atoms with E-state index in [9.17, 15) is 23.8 Å². The van der Waals surface area contributed by atoms with E-state index >= 15 is 0 Å². The largest absolute Gasteiger partial charge is 0.480 e. The number of rotatable bonds is 42. The van der Waals surface area contributed by atoms with Gasteiger partial charge in [0.15, 0.2) is 6.10 Å². The van der Waals surface area contributed by atoms with E-state index in [-0.39, 0.29) is 19.4 Å². The second-order valence-corrected chi connectivity index (χ2v) is 16.6. The topological polar surface area (TPSA) is 172 Å². The molecule has 0 aliphatic carbocycles. The first-order valence-corrected chi connectivity index (χ1v) is 23.7. The summed E-state index contributed by atoms with van der Waals surface area (Å²) in [7, 11) is -4.71. The van der Waals surface area contributed by atoms with E-state index in [1.807, 2.05) is 0 Å². The lowest BCUT2D eigenvalue weighted by atomic mass is 10.0. The van der Waals surface area contributed by atoms with Crippen LogP contribution in [0.5, 0.6) is 0 Å². The van der Waals surface area contributed by atoms with Gasteiger partial charge in [-0.3, -0.25) is 23.4 Å². The second-order valence-electron chi connectivity index (χ2n) is 15.2. The molecule has 0 aromatic rings. The van der Waals surface area contributed by atoms with E-state index in [2.05, 4.69) is 30.5 Å². The predicted octanol–water partition coefficient (Wildman–Crippen LogP) is 11.7. The van der Waals surface area contributed by atoms with Gasteiger partial charge in [0.1, 0.15) is 12.6 Å². The van der Waals surface area contributed by atoms with Crippen LogP contribution in [0.15, 0.2) is 12.2 Å². The summed E-state index contributed by atoms with van der Waals surface area (Å²) in [6.45, 7) is 2.81. The first kappa shape index (κ1) is 53.2. The normalized spacial score (nSPS) is 13.8. The number of hydrogen-bond donors (Lipinski definition) is 3. The summed E-state index contributed by atoms with van der Waals surface area (Å²) in [4.78, 5) is 45.9. The van der Waals surface area contributed by atoms with E-state index in [0.717, 1.165) is 44.9 Å². The van der Waals surface area contributed by atoms with Gasteiger partial charge < -0.3 is 25.2 Å². The zero-order valence-electron chi connectivity index (χ0n) is 35.0. The molecule has 0 aromatic carbocycles. The molecule has 0 heterocycles. The highest BCUT2D eigenvalue weighted by Gasteiger charge is 2.28. The fraction of sp³-hybridized carbons (Fsp3) is 0.884. The molecule has 0 spiro atoms. The van der Waals surface area contributed by atoms with Crippen molar-refractivity contribution in [3.05, 3.63) is 12.2 Å². The van der Waals surface area contributed by atoms with Crippen molar-refractivity contribution in [2.75, 3.05) is 19.8 Å². The van der Waals surface area contributed by atoms with Crippen molar-refractivity contribution in [3.63, 3.8) is 0 Å². The number of carbonyl (C=O) groups excluding carboxylic acids is 2. The Morgan fingerprint density at radius 1 is 0.545 bits per heavy atom. The fourth-order valence-electron chi connectivity index (χ4n) is 6.24. The summed E-state index contributed by atoms with van der Waals surface area (Å²) in [6.07, 6.45) is 38.4. The molecule has 3 atom stereocenters. The number of ether oxygens (including phenoxy) is 2. The molecule has 4 N–H and O–H groups in total. The number of carboxylic acids is 1. The van der Waals surface area contributed by atoms with Crippen LogP contribution in [0.1, 0.15) is 213 Å². The number of phosphoric acid groups is 1. The van der Waals surface area contributed by atoms with Crippen LogP contribution < -0.4 is 5.73 Å². The molecular weight excluding hydrogens is 721 g/mol. The predicted molar refractivity (Wildman–Crippen MR) is 222 cm³/mol. The van der Waals surface area contributed by atoms with Gasteiger partial charge in [-0.25, -0.2) is 4.57 Å². The Morgan fingerprint density at radius 2 is 0.909 bits per heavy atom. The molecule has 3 unspecified atom stereocenters. The van der Waals surface area contributed by atoms with E-state index in [1.165, 1.54) is 128 Å². The number of aliphatic carboxylic acids is 1. The van der Waals surface area contributed by atoms with Crippen molar-refractivity contribution in [3.8, 4) is 0 Å². The molecule has 0 saturated heterocycles. The number of carboxylic acid groups (broad SMARTS) is 1. The fourth-order valence-corrected chi connectivity index (χ4v) is 7.02. The van der Waals surface area contributed by atoms with Crippen LogP contribution in [0.4, 0.5) is 0 Å². The molecule has 0 aliphatic rings. The van der Waals surface area contributed by atoms with Gasteiger partial charge in [0.2, 0.25) is 0 Å². The van der Waals surface area contributed by atoms with Crippen LogP contribution >= 0.6 is 7.82 Å². The quantitative estimate of drug-likeness (QED) is 0.0232. The second kappa shape index (κ2) is 39.1. The lowest BCUT2D eigenvalue weighted by Crippen LogP contribution is -2.34. The summed E-state index contributed by atoms with van der Waals surface area (Å²) in [5, 5.41) is 8.88. The van der Waals surface area contributed by atoms with Crippen LogP contribution in [0.2, 0.25) is 0 Å².